The van der Waals surface area contributed by atoms with Crippen LogP contribution < -0.4 is 0 Å². The lowest BCUT2D eigenvalue weighted by Crippen LogP contribution is -2.44. The van der Waals surface area contributed by atoms with Crippen molar-refractivity contribution in [2.75, 3.05) is 26.2 Å². The van der Waals surface area contributed by atoms with E-state index < -0.39 is 12.1 Å². The number of hydrogen-bond donors (Lipinski definition) is 1. The highest BCUT2D eigenvalue weighted by Gasteiger charge is 2.32. The van der Waals surface area contributed by atoms with E-state index in [2.05, 4.69) is 24.3 Å². The molecular formula is C20H20N2O4. The number of nitrogens with zero attached hydrogens (tertiary/aromatic N) is 2. The average molecular weight is 352 g/mol. The van der Waals surface area contributed by atoms with Gasteiger partial charge in [-0.2, -0.15) is 0 Å². The molecule has 0 bridgehead atoms. The van der Waals surface area contributed by atoms with Gasteiger partial charge in [0.15, 0.2) is 0 Å². The lowest BCUT2D eigenvalue weighted by molar-refractivity contribution is -0.141. The van der Waals surface area contributed by atoms with Crippen molar-refractivity contribution in [2.24, 2.45) is 0 Å². The zero-order valence-corrected chi connectivity index (χ0v) is 14.3. The summed E-state index contributed by atoms with van der Waals surface area (Å²) in [7, 11) is 0. The van der Waals surface area contributed by atoms with Crippen LogP contribution in [0.1, 0.15) is 23.5 Å². The Kier molecular flexibility index (Phi) is 4.34. The Balaban J connectivity index is 1.50. The second-order valence-electron chi connectivity index (χ2n) is 6.56. The van der Waals surface area contributed by atoms with Gasteiger partial charge in [0.1, 0.15) is 13.2 Å². The maximum atomic E-state index is 12.5. The van der Waals surface area contributed by atoms with E-state index in [1.807, 2.05) is 24.3 Å². The van der Waals surface area contributed by atoms with Gasteiger partial charge < -0.3 is 9.84 Å². The number of aliphatic carboxylic acids is 1. The second-order valence-corrected chi connectivity index (χ2v) is 6.56. The molecule has 6 heteroatoms. The van der Waals surface area contributed by atoms with Gasteiger partial charge in [-0.3, -0.25) is 4.79 Å². The topological polar surface area (TPSA) is 70.1 Å². The van der Waals surface area contributed by atoms with E-state index in [4.69, 9.17) is 9.84 Å². The Morgan fingerprint density at radius 3 is 2.23 bits per heavy atom. The van der Waals surface area contributed by atoms with Crippen LogP contribution >= 0.6 is 0 Å². The van der Waals surface area contributed by atoms with Gasteiger partial charge >= 0.3 is 12.1 Å². The summed E-state index contributed by atoms with van der Waals surface area (Å²) in [5.74, 6) is -0.953. The molecule has 0 spiro atoms. The number of ether oxygens (including phenoxy) is 1. The van der Waals surface area contributed by atoms with Gasteiger partial charge in [-0.15, -0.1) is 0 Å². The fourth-order valence-electron chi connectivity index (χ4n) is 3.86. The van der Waals surface area contributed by atoms with Gasteiger partial charge in [-0.25, -0.2) is 14.8 Å². The first-order chi connectivity index (χ1) is 12.6. The van der Waals surface area contributed by atoms with E-state index in [-0.39, 0.29) is 19.1 Å². The van der Waals surface area contributed by atoms with E-state index in [9.17, 15) is 9.59 Å². The lowest BCUT2D eigenvalue weighted by Gasteiger charge is -2.26. The number of carboxylic acid groups (broad SMARTS) is 1. The van der Waals surface area contributed by atoms with Crippen molar-refractivity contribution in [3.05, 3.63) is 59.7 Å². The zero-order valence-electron chi connectivity index (χ0n) is 14.3. The third-order valence-electron chi connectivity index (χ3n) is 4.99. The molecule has 0 atom stereocenters. The molecule has 2 aromatic rings. The Hall–Kier alpha value is -2.86. The van der Waals surface area contributed by atoms with Gasteiger partial charge in [-0.05, 0) is 28.7 Å². The molecule has 26 heavy (non-hydrogen) atoms. The summed E-state index contributed by atoms with van der Waals surface area (Å²) in [6.45, 7) is 1.09. The molecule has 0 unspecified atom stereocenters. The zero-order chi connectivity index (χ0) is 18.1. The van der Waals surface area contributed by atoms with Crippen LogP contribution in [-0.4, -0.2) is 53.4 Å². The van der Waals surface area contributed by atoms with Gasteiger partial charge in [0.25, 0.3) is 0 Å². The van der Waals surface area contributed by atoms with Gasteiger partial charge in [0, 0.05) is 19.0 Å². The molecule has 1 aliphatic heterocycles. The Morgan fingerprint density at radius 1 is 1.00 bits per heavy atom. The van der Waals surface area contributed by atoms with Crippen molar-refractivity contribution in [1.82, 2.24) is 10.0 Å². The molecule has 134 valence electrons. The van der Waals surface area contributed by atoms with Crippen LogP contribution in [-0.2, 0) is 9.53 Å². The second kappa shape index (κ2) is 6.80. The molecule has 0 saturated carbocycles. The monoisotopic (exact) mass is 352 g/mol. The SMILES string of the molecule is O=C(O)CN1CCCN1C(=O)OCC1c2ccccc2-c2ccccc21. The molecule has 1 aliphatic carbocycles. The summed E-state index contributed by atoms with van der Waals surface area (Å²) in [6, 6.07) is 16.3. The van der Waals surface area contributed by atoms with Crippen LogP contribution in [0.2, 0.25) is 0 Å². The molecule has 1 saturated heterocycles. The van der Waals surface area contributed by atoms with Crippen LogP contribution in [0.15, 0.2) is 48.5 Å². The van der Waals surface area contributed by atoms with Crippen molar-refractivity contribution < 1.29 is 19.4 Å². The summed E-state index contributed by atoms with van der Waals surface area (Å²) in [5.41, 5.74) is 4.67. The first-order valence-electron chi connectivity index (χ1n) is 8.74. The molecule has 2 aliphatic rings. The van der Waals surface area contributed by atoms with E-state index >= 15 is 0 Å². The van der Waals surface area contributed by atoms with Crippen molar-refractivity contribution in [3.8, 4) is 11.1 Å². The average Bonchev–Trinajstić information content (AvgIpc) is 3.22. The quantitative estimate of drug-likeness (QED) is 0.916. The Morgan fingerprint density at radius 2 is 1.62 bits per heavy atom. The number of hydrazine groups is 1. The highest BCUT2D eigenvalue weighted by molar-refractivity contribution is 5.79. The molecule has 2 aromatic carbocycles. The first kappa shape index (κ1) is 16.6. The number of benzene rings is 2. The summed E-state index contributed by atoms with van der Waals surface area (Å²) >= 11 is 0. The molecular weight excluding hydrogens is 332 g/mol. The number of carboxylic acids is 1. The van der Waals surface area contributed by atoms with Crippen LogP contribution in [0, 0.1) is 0 Å². The molecule has 1 fully saturated rings. The van der Waals surface area contributed by atoms with Crippen LogP contribution in [0.25, 0.3) is 11.1 Å². The molecule has 1 N–H and O–H groups in total. The maximum absolute atomic E-state index is 12.5. The first-order valence-corrected chi connectivity index (χ1v) is 8.74. The summed E-state index contributed by atoms with van der Waals surface area (Å²) in [6.07, 6.45) is 0.267. The number of carbonyl (C=O) groups excluding carboxylic acids is 1. The number of rotatable bonds is 4. The van der Waals surface area contributed by atoms with E-state index in [1.54, 1.807) is 0 Å². The largest absolute Gasteiger partial charge is 0.480 e. The predicted molar refractivity (Wildman–Crippen MR) is 95.6 cm³/mol. The number of fused-ring (bicyclic) bond motifs is 3. The molecule has 6 nitrogen and oxygen atoms in total. The van der Waals surface area contributed by atoms with Crippen LogP contribution in [0.4, 0.5) is 4.79 Å². The van der Waals surface area contributed by atoms with Gasteiger partial charge in [-0.1, -0.05) is 48.5 Å². The third-order valence-corrected chi connectivity index (χ3v) is 4.99. The minimum absolute atomic E-state index is 0.00174. The van der Waals surface area contributed by atoms with Crippen LogP contribution in [0.3, 0.4) is 0 Å². The fourth-order valence-corrected chi connectivity index (χ4v) is 3.86. The normalized spacial score (nSPS) is 16.4. The molecule has 0 aromatic heterocycles. The maximum Gasteiger partial charge on any atom is 0.424 e. The van der Waals surface area contributed by atoms with Crippen molar-refractivity contribution in [1.29, 1.82) is 0 Å². The van der Waals surface area contributed by atoms with E-state index in [0.717, 1.165) is 17.5 Å². The Labute approximate surface area is 151 Å². The molecule has 1 heterocycles. The third kappa shape index (κ3) is 2.93. The standard InChI is InChI=1S/C20H20N2O4/c23-19(24)12-21-10-5-11-22(21)20(25)26-13-18-16-8-3-1-6-14(16)15-7-2-4-9-17(15)18/h1-4,6-9,18H,5,10-13H2,(H,23,24). The fraction of sp³-hybridized carbons (Fsp3) is 0.300. The Bertz CT molecular complexity index is 806. The van der Waals surface area contributed by atoms with Gasteiger partial charge in [0.05, 0.1) is 0 Å². The van der Waals surface area contributed by atoms with Crippen molar-refractivity contribution >= 4 is 12.1 Å². The minimum Gasteiger partial charge on any atom is -0.480 e. The number of amides is 1. The van der Waals surface area contributed by atoms with Crippen LogP contribution in [0.5, 0.6) is 0 Å². The van der Waals surface area contributed by atoms with Gasteiger partial charge in [0.2, 0.25) is 0 Å². The van der Waals surface area contributed by atoms with E-state index in [1.165, 1.54) is 21.1 Å². The summed E-state index contributed by atoms with van der Waals surface area (Å²) < 4.78 is 5.59. The van der Waals surface area contributed by atoms with Crippen molar-refractivity contribution in [2.45, 2.75) is 12.3 Å². The predicted octanol–water partition coefficient (Wildman–Crippen LogP) is 2.94. The summed E-state index contributed by atoms with van der Waals surface area (Å²) in [5, 5.41) is 11.9. The summed E-state index contributed by atoms with van der Waals surface area (Å²) in [4.78, 5) is 23.4. The molecule has 1 amide bonds. The smallest absolute Gasteiger partial charge is 0.424 e. The highest BCUT2D eigenvalue weighted by Crippen LogP contribution is 2.44. The lowest BCUT2D eigenvalue weighted by atomic mass is 9.98. The molecule has 0 radical (unpaired) electrons. The van der Waals surface area contributed by atoms with Crippen molar-refractivity contribution in [3.63, 3.8) is 0 Å². The number of carbonyl (C=O) groups is 2. The van der Waals surface area contributed by atoms with E-state index in [0.29, 0.717) is 13.1 Å². The number of hydrogen-bond acceptors (Lipinski definition) is 4. The minimum atomic E-state index is -0.955. The highest BCUT2D eigenvalue weighted by atomic mass is 16.6. The molecule has 4 rings (SSSR count).